The molecule has 0 atom stereocenters. The molecule has 0 saturated heterocycles. The van der Waals surface area contributed by atoms with Crippen molar-refractivity contribution in [2.75, 3.05) is 6.61 Å². The van der Waals surface area contributed by atoms with E-state index in [1.54, 1.807) is 0 Å². The normalized spacial score (nSPS) is 10.7. The highest BCUT2D eigenvalue weighted by atomic mass is 16.5. The van der Waals surface area contributed by atoms with Crippen LogP contribution in [0.4, 0.5) is 0 Å². The van der Waals surface area contributed by atoms with Crippen molar-refractivity contribution >= 4 is 27.5 Å². The third-order valence-electron chi connectivity index (χ3n) is 3.84. The van der Waals surface area contributed by atoms with E-state index in [0.29, 0.717) is 6.61 Å². The summed E-state index contributed by atoms with van der Waals surface area (Å²) < 4.78 is 5.04. The van der Waals surface area contributed by atoms with E-state index >= 15 is 0 Å². The molecule has 3 aromatic carbocycles. The van der Waals surface area contributed by atoms with Crippen molar-refractivity contribution < 1.29 is 9.53 Å². The van der Waals surface area contributed by atoms with E-state index in [1.807, 2.05) is 0 Å². The molecule has 0 bridgehead atoms. The fourth-order valence-electron chi connectivity index (χ4n) is 2.74. The van der Waals surface area contributed by atoms with Crippen LogP contribution in [0.25, 0.3) is 21.5 Å². The average Bonchev–Trinajstić information content (AvgIpc) is 2.56. The van der Waals surface area contributed by atoms with Gasteiger partial charge in [-0.05, 0) is 52.1 Å². The summed E-state index contributed by atoms with van der Waals surface area (Å²) in [7, 11) is 0. The second-order valence-corrected chi connectivity index (χ2v) is 5.31. The van der Waals surface area contributed by atoms with Gasteiger partial charge < -0.3 is 4.74 Å². The Morgan fingerprint density at radius 3 is 2.50 bits per heavy atom. The van der Waals surface area contributed by atoms with Crippen molar-refractivity contribution in [2.24, 2.45) is 0 Å². The fourth-order valence-corrected chi connectivity index (χ4v) is 2.74. The first kappa shape index (κ1) is 14.3. The second kappa shape index (κ2) is 6.44. The molecular formula is C20H18O2. The molecule has 0 amide bonds. The summed E-state index contributed by atoms with van der Waals surface area (Å²) in [6, 6.07) is 19.2. The first-order valence-corrected chi connectivity index (χ1v) is 7.47. The zero-order valence-corrected chi connectivity index (χ0v) is 12.4. The number of esters is 1. The summed E-state index contributed by atoms with van der Waals surface area (Å²) in [4.78, 5) is 11.0. The van der Waals surface area contributed by atoms with Crippen molar-refractivity contribution in [1.82, 2.24) is 0 Å². The van der Waals surface area contributed by atoms with Crippen LogP contribution in [-0.2, 0) is 16.0 Å². The zero-order valence-electron chi connectivity index (χ0n) is 12.4. The van der Waals surface area contributed by atoms with Crippen LogP contribution in [0.5, 0.6) is 0 Å². The minimum atomic E-state index is -0.357. The van der Waals surface area contributed by atoms with Gasteiger partial charge in [-0.2, -0.15) is 0 Å². The molecule has 2 heteroatoms. The molecule has 0 saturated carbocycles. The van der Waals surface area contributed by atoms with Crippen molar-refractivity contribution in [3.63, 3.8) is 0 Å². The van der Waals surface area contributed by atoms with Gasteiger partial charge in [-0.25, -0.2) is 4.79 Å². The predicted octanol–water partition coefficient (Wildman–Crippen LogP) is 4.65. The van der Waals surface area contributed by atoms with Gasteiger partial charge in [0.25, 0.3) is 0 Å². The molecule has 0 heterocycles. The number of carbonyl (C=O) groups is 1. The number of hydrogen-bond donors (Lipinski definition) is 0. The quantitative estimate of drug-likeness (QED) is 0.296. The van der Waals surface area contributed by atoms with Gasteiger partial charge in [0.05, 0.1) is 6.61 Å². The summed E-state index contributed by atoms with van der Waals surface area (Å²) in [6.45, 7) is 3.82. The van der Waals surface area contributed by atoms with E-state index in [9.17, 15) is 4.79 Å². The number of fused-ring (bicyclic) bond motifs is 2. The van der Waals surface area contributed by atoms with Crippen LogP contribution in [0.2, 0.25) is 0 Å². The number of benzene rings is 3. The highest BCUT2D eigenvalue weighted by Crippen LogP contribution is 2.26. The van der Waals surface area contributed by atoms with Gasteiger partial charge in [0, 0.05) is 6.08 Å². The van der Waals surface area contributed by atoms with Crippen LogP contribution >= 0.6 is 0 Å². The Morgan fingerprint density at radius 2 is 1.73 bits per heavy atom. The predicted molar refractivity (Wildman–Crippen MR) is 90.9 cm³/mol. The maximum atomic E-state index is 11.0. The van der Waals surface area contributed by atoms with Crippen LogP contribution in [0, 0.1) is 0 Å². The molecule has 0 aliphatic rings. The Morgan fingerprint density at radius 1 is 1.00 bits per heavy atom. The summed E-state index contributed by atoms with van der Waals surface area (Å²) in [5, 5.41) is 5.03. The molecule has 3 aromatic rings. The lowest BCUT2D eigenvalue weighted by atomic mass is 9.97. The lowest BCUT2D eigenvalue weighted by molar-refractivity contribution is -0.137. The van der Waals surface area contributed by atoms with Gasteiger partial charge in [-0.15, -0.1) is 0 Å². The van der Waals surface area contributed by atoms with Crippen LogP contribution in [0.15, 0.2) is 67.3 Å². The number of ether oxygens (including phenoxy) is 1. The van der Waals surface area contributed by atoms with Gasteiger partial charge in [0.2, 0.25) is 0 Å². The molecule has 22 heavy (non-hydrogen) atoms. The number of rotatable bonds is 5. The number of aryl methyl sites for hydroxylation is 1. The highest BCUT2D eigenvalue weighted by molar-refractivity contribution is 5.99. The average molecular weight is 290 g/mol. The van der Waals surface area contributed by atoms with E-state index in [-0.39, 0.29) is 5.97 Å². The van der Waals surface area contributed by atoms with Crippen molar-refractivity contribution in [3.8, 4) is 0 Å². The molecule has 0 aliphatic heterocycles. The molecule has 0 unspecified atom stereocenters. The smallest absolute Gasteiger partial charge is 0.330 e. The Labute approximate surface area is 130 Å². The highest BCUT2D eigenvalue weighted by Gasteiger charge is 2.04. The van der Waals surface area contributed by atoms with Crippen LogP contribution in [0.3, 0.4) is 0 Å². The molecule has 0 radical (unpaired) electrons. The molecule has 3 rings (SSSR count). The molecular weight excluding hydrogens is 272 g/mol. The SMILES string of the molecule is C=CC(=O)OCCCc1cccc2cc3ccccc3cc12. The standard InChI is InChI=1S/C20H18O2/c1-2-20(21)22-12-6-11-15-9-5-10-18-13-16-7-3-4-8-17(16)14-19(15)18/h2-5,7-10,13-14H,1,6,11-12H2. The molecule has 2 nitrogen and oxygen atoms in total. The minimum absolute atomic E-state index is 0.357. The van der Waals surface area contributed by atoms with Crippen LogP contribution in [-0.4, -0.2) is 12.6 Å². The molecule has 0 aromatic heterocycles. The van der Waals surface area contributed by atoms with E-state index in [4.69, 9.17) is 4.74 Å². The lowest BCUT2D eigenvalue weighted by Crippen LogP contribution is -2.03. The van der Waals surface area contributed by atoms with Crippen LogP contribution in [0.1, 0.15) is 12.0 Å². The largest absolute Gasteiger partial charge is 0.463 e. The lowest BCUT2D eigenvalue weighted by Gasteiger charge is -2.08. The van der Waals surface area contributed by atoms with Gasteiger partial charge in [0.1, 0.15) is 0 Å². The van der Waals surface area contributed by atoms with E-state index in [0.717, 1.165) is 12.8 Å². The summed E-state index contributed by atoms with van der Waals surface area (Å²) >= 11 is 0. The molecule has 0 N–H and O–H groups in total. The number of hydrogen-bond acceptors (Lipinski definition) is 2. The van der Waals surface area contributed by atoms with Crippen LogP contribution < -0.4 is 0 Å². The van der Waals surface area contributed by atoms with E-state index < -0.39 is 0 Å². The second-order valence-electron chi connectivity index (χ2n) is 5.31. The van der Waals surface area contributed by atoms with Gasteiger partial charge >= 0.3 is 5.97 Å². The topological polar surface area (TPSA) is 26.3 Å². The van der Waals surface area contributed by atoms with Gasteiger partial charge in [0.15, 0.2) is 0 Å². The summed E-state index contributed by atoms with van der Waals surface area (Å²) in [5.41, 5.74) is 1.29. The van der Waals surface area contributed by atoms with Gasteiger partial charge in [-0.3, -0.25) is 0 Å². The number of carbonyl (C=O) groups excluding carboxylic acids is 1. The summed E-state index contributed by atoms with van der Waals surface area (Å²) in [6.07, 6.45) is 2.90. The Kier molecular flexibility index (Phi) is 4.19. The molecule has 110 valence electrons. The summed E-state index contributed by atoms with van der Waals surface area (Å²) in [5.74, 6) is -0.357. The van der Waals surface area contributed by atoms with Crippen molar-refractivity contribution in [1.29, 1.82) is 0 Å². The third-order valence-corrected chi connectivity index (χ3v) is 3.84. The van der Waals surface area contributed by atoms with Crippen molar-refractivity contribution in [2.45, 2.75) is 12.8 Å². The first-order chi connectivity index (χ1) is 10.8. The van der Waals surface area contributed by atoms with E-state index in [1.165, 1.54) is 33.2 Å². The maximum absolute atomic E-state index is 11.0. The molecule has 0 fully saturated rings. The zero-order chi connectivity index (χ0) is 15.4. The van der Waals surface area contributed by atoms with Gasteiger partial charge in [-0.1, -0.05) is 49.0 Å². The Balaban J connectivity index is 1.84. The maximum Gasteiger partial charge on any atom is 0.330 e. The monoisotopic (exact) mass is 290 g/mol. The molecule has 0 spiro atoms. The first-order valence-electron chi connectivity index (χ1n) is 7.47. The third kappa shape index (κ3) is 3.01. The Hall–Kier alpha value is -2.61. The minimum Gasteiger partial charge on any atom is -0.463 e. The molecule has 0 aliphatic carbocycles. The fraction of sp³-hybridized carbons (Fsp3) is 0.150. The van der Waals surface area contributed by atoms with Crippen molar-refractivity contribution in [3.05, 3.63) is 72.8 Å². The Bertz CT molecular complexity index is 833. The van der Waals surface area contributed by atoms with E-state index in [2.05, 4.69) is 61.2 Å².